The zero-order valence-corrected chi connectivity index (χ0v) is 10.4. The minimum absolute atomic E-state index is 0.0448. The van der Waals surface area contributed by atoms with Gasteiger partial charge in [0.05, 0.1) is 12.5 Å². The number of carbonyl (C=O) groups excluding carboxylic acids is 1. The summed E-state index contributed by atoms with van der Waals surface area (Å²) in [4.78, 5) is 38.3. The first-order chi connectivity index (χ1) is 9.61. The Morgan fingerprint density at radius 3 is 2.75 bits per heavy atom. The van der Waals surface area contributed by atoms with E-state index < -0.39 is 16.8 Å². The van der Waals surface area contributed by atoms with E-state index in [4.69, 9.17) is 4.42 Å². The van der Waals surface area contributed by atoms with Crippen LogP contribution in [0.4, 0.5) is 0 Å². The highest BCUT2D eigenvalue weighted by Crippen LogP contribution is 2.14. The lowest BCUT2D eigenvalue weighted by atomic mass is 10.2. The lowest BCUT2D eigenvalue weighted by Gasteiger charge is -2.03. The Morgan fingerprint density at radius 1 is 1.25 bits per heavy atom. The monoisotopic (exact) mass is 271 g/mol. The van der Waals surface area contributed by atoms with Crippen molar-refractivity contribution in [2.75, 3.05) is 7.11 Å². The predicted molar refractivity (Wildman–Crippen MR) is 72.0 cm³/mol. The highest BCUT2D eigenvalue weighted by molar-refractivity contribution is 5.92. The number of carbonyl (C=O) groups is 1. The lowest BCUT2D eigenvalue weighted by molar-refractivity contribution is 0.0594. The molecule has 0 atom stereocenters. The average molecular weight is 271 g/mol. The third-order valence-electron chi connectivity index (χ3n) is 2.96. The number of para-hydroxylation sites is 1. The van der Waals surface area contributed by atoms with Gasteiger partial charge in [-0.15, -0.1) is 0 Å². The molecule has 0 unspecified atom stereocenters. The molecule has 20 heavy (non-hydrogen) atoms. The smallest absolute Gasteiger partial charge is 0.354 e. The van der Waals surface area contributed by atoms with Gasteiger partial charge >= 0.3 is 5.97 Å². The quantitative estimate of drug-likeness (QED) is 0.534. The van der Waals surface area contributed by atoms with Crippen molar-refractivity contribution in [3.63, 3.8) is 0 Å². The second-order valence-electron chi connectivity index (χ2n) is 4.17. The van der Waals surface area contributed by atoms with Gasteiger partial charge in [-0.3, -0.25) is 9.59 Å². The molecule has 0 saturated carbocycles. The van der Waals surface area contributed by atoms with E-state index >= 15 is 0 Å². The van der Waals surface area contributed by atoms with Crippen molar-refractivity contribution < 1.29 is 13.9 Å². The number of H-pyrrole nitrogens is 1. The van der Waals surface area contributed by atoms with Crippen molar-refractivity contribution in [2.45, 2.75) is 0 Å². The molecule has 0 radical (unpaired) electrons. The molecule has 100 valence electrons. The maximum Gasteiger partial charge on any atom is 0.354 e. The number of benzene rings is 1. The number of nitrogens with one attached hydrogen (secondary N) is 1. The first-order valence-corrected chi connectivity index (χ1v) is 5.79. The highest BCUT2D eigenvalue weighted by Gasteiger charge is 2.15. The van der Waals surface area contributed by atoms with Crippen LogP contribution >= 0.6 is 0 Å². The van der Waals surface area contributed by atoms with Crippen molar-refractivity contribution in [1.29, 1.82) is 0 Å². The van der Waals surface area contributed by atoms with E-state index in [2.05, 4.69) is 9.72 Å². The summed E-state index contributed by atoms with van der Waals surface area (Å²) in [6.45, 7) is 0. The summed E-state index contributed by atoms with van der Waals surface area (Å²) in [5.74, 6) is -0.725. The normalized spacial score (nSPS) is 10.8. The molecule has 3 rings (SSSR count). The van der Waals surface area contributed by atoms with Crippen LogP contribution in [0.15, 0.2) is 44.3 Å². The van der Waals surface area contributed by atoms with Crippen LogP contribution in [-0.2, 0) is 4.74 Å². The van der Waals surface area contributed by atoms with Crippen LogP contribution in [0.1, 0.15) is 10.5 Å². The highest BCUT2D eigenvalue weighted by atomic mass is 16.5. The Balaban J connectivity index is 2.50. The predicted octanol–water partition coefficient (Wildman–Crippen LogP) is 1.42. The van der Waals surface area contributed by atoms with Gasteiger partial charge in [0.2, 0.25) is 16.4 Å². The van der Waals surface area contributed by atoms with E-state index in [0.29, 0.717) is 11.0 Å². The summed E-state index contributed by atoms with van der Waals surface area (Å²) in [6.07, 6.45) is 0. The number of hydrogen-bond donors (Lipinski definition) is 1. The van der Waals surface area contributed by atoms with Gasteiger partial charge in [0.25, 0.3) is 0 Å². The summed E-state index contributed by atoms with van der Waals surface area (Å²) in [7, 11) is 1.19. The maximum absolute atomic E-state index is 12.3. The van der Waals surface area contributed by atoms with E-state index in [-0.39, 0.29) is 16.8 Å². The number of aromatic amines is 1. The molecule has 2 heterocycles. The second-order valence-corrected chi connectivity index (χ2v) is 4.17. The summed E-state index contributed by atoms with van der Waals surface area (Å²) >= 11 is 0. The van der Waals surface area contributed by atoms with Crippen molar-refractivity contribution >= 4 is 28.0 Å². The molecule has 0 fully saturated rings. The number of aromatic nitrogens is 1. The molecule has 2 aromatic heterocycles. The van der Waals surface area contributed by atoms with E-state index in [1.54, 1.807) is 24.3 Å². The Bertz CT molecular complexity index is 951. The Labute approximate surface area is 111 Å². The molecule has 0 aliphatic rings. The number of rotatable bonds is 1. The molecule has 6 heteroatoms. The summed E-state index contributed by atoms with van der Waals surface area (Å²) in [5.41, 5.74) is -0.876. The molecule has 0 saturated heterocycles. The van der Waals surface area contributed by atoms with Crippen LogP contribution in [0.5, 0.6) is 0 Å². The van der Waals surface area contributed by atoms with Gasteiger partial charge in [0, 0.05) is 6.07 Å². The number of pyridine rings is 1. The van der Waals surface area contributed by atoms with Crippen molar-refractivity contribution in [3.05, 3.63) is 56.5 Å². The van der Waals surface area contributed by atoms with Crippen LogP contribution < -0.4 is 10.9 Å². The SMILES string of the molecule is COC(=O)c1cc(=O)c2oc3ccccc3c(=O)c2[nH]1. The molecule has 1 N–H and O–H groups in total. The van der Waals surface area contributed by atoms with Gasteiger partial charge in [0.15, 0.2) is 0 Å². The molecule has 0 aliphatic carbocycles. The van der Waals surface area contributed by atoms with Gasteiger partial charge in [0.1, 0.15) is 16.8 Å². The molecule has 0 bridgehead atoms. The standard InChI is InChI=1S/C14H9NO5/c1-19-14(18)8-6-9(16)13-11(15-8)12(17)7-4-2-3-5-10(7)20-13/h2-6H,1H3,(H,15,16). The molecule has 6 nitrogen and oxygen atoms in total. The van der Waals surface area contributed by atoms with Crippen LogP contribution in [0.2, 0.25) is 0 Å². The zero-order chi connectivity index (χ0) is 14.3. The maximum atomic E-state index is 12.3. The van der Waals surface area contributed by atoms with Crippen molar-refractivity contribution in [1.82, 2.24) is 4.98 Å². The second kappa shape index (κ2) is 4.34. The van der Waals surface area contributed by atoms with E-state index in [0.717, 1.165) is 6.07 Å². The number of ether oxygens (including phenoxy) is 1. The number of methoxy groups -OCH3 is 1. The molecular formula is C14H9NO5. The Morgan fingerprint density at radius 2 is 2.00 bits per heavy atom. The topological polar surface area (TPSA) is 89.4 Å². The van der Waals surface area contributed by atoms with Gasteiger partial charge in [-0.2, -0.15) is 0 Å². The van der Waals surface area contributed by atoms with Crippen LogP contribution in [0.3, 0.4) is 0 Å². The van der Waals surface area contributed by atoms with Crippen molar-refractivity contribution in [2.24, 2.45) is 0 Å². The zero-order valence-electron chi connectivity index (χ0n) is 10.4. The summed E-state index contributed by atoms with van der Waals surface area (Å²) < 4.78 is 9.96. The molecule has 3 aromatic rings. The van der Waals surface area contributed by atoms with Gasteiger partial charge in [-0.05, 0) is 12.1 Å². The first-order valence-electron chi connectivity index (χ1n) is 5.79. The van der Waals surface area contributed by atoms with E-state index in [1.807, 2.05) is 0 Å². The van der Waals surface area contributed by atoms with Crippen LogP contribution in [0, 0.1) is 0 Å². The third-order valence-corrected chi connectivity index (χ3v) is 2.96. The summed E-state index contributed by atoms with van der Waals surface area (Å²) in [5, 5.41) is 0.331. The van der Waals surface area contributed by atoms with Crippen LogP contribution in [-0.4, -0.2) is 18.1 Å². The summed E-state index contributed by atoms with van der Waals surface area (Å²) in [6, 6.07) is 7.63. The Kier molecular flexibility index (Phi) is 2.64. The van der Waals surface area contributed by atoms with Gasteiger partial charge < -0.3 is 14.1 Å². The number of fused-ring (bicyclic) bond motifs is 2. The molecular weight excluding hydrogens is 262 g/mol. The Hall–Kier alpha value is -2.89. The van der Waals surface area contributed by atoms with Gasteiger partial charge in [-0.1, -0.05) is 12.1 Å². The molecule has 0 amide bonds. The average Bonchev–Trinajstić information content (AvgIpc) is 2.47. The number of hydrogen-bond acceptors (Lipinski definition) is 5. The largest absolute Gasteiger partial charge is 0.464 e. The fourth-order valence-electron chi connectivity index (χ4n) is 2.02. The minimum Gasteiger partial charge on any atom is -0.464 e. The van der Waals surface area contributed by atoms with E-state index in [1.165, 1.54) is 7.11 Å². The molecule has 0 spiro atoms. The van der Waals surface area contributed by atoms with Crippen molar-refractivity contribution in [3.8, 4) is 0 Å². The number of esters is 1. The first kappa shape index (κ1) is 12.2. The third kappa shape index (κ3) is 1.70. The van der Waals surface area contributed by atoms with E-state index in [9.17, 15) is 14.4 Å². The van der Waals surface area contributed by atoms with Crippen LogP contribution in [0.25, 0.3) is 22.1 Å². The lowest BCUT2D eigenvalue weighted by Crippen LogP contribution is -2.16. The molecule has 0 aliphatic heterocycles. The fourth-order valence-corrected chi connectivity index (χ4v) is 2.02. The fraction of sp³-hybridized carbons (Fsp3) is 0.0714. The minimum atomic E-state index is -0.725. The van der Waals surface area contributed by atoms with Gasteiger partial charge in [-0.25, -0.2) is 4.79 Å². The molecule has 1 aromatic carbocycles.